The molecule has 0 saturated carbocycles. The molecule has 0 radical (unpaired) electrons. The predicted molar refractivity (Wildman–Crippen MR) is 259 cm³/mol. The number of hydrogen-bond donors (Lipinski definition) is 0. The maximum absolute atomic E-state index is 12.7. The number of phosphoric ester groups is 1. The van der Waals surface area contributed by atoms with E-state index in [1.807, 2.05) is 21.1 Å². The number of ether oxygens (including phenoxy) is 2. The first-order chi connectivity index (χ1) is 30.0. The average molecular weight is 896 g/mol. The van der Waals surface area contributed by atoms with Crippen LogP contribution in [0.15, 0.2) is 36.5 Å². The van der Waals surface area contributed by atoms with Crippen molar-refractivity contribution in [1.82, 2.24) is 0 Å². The smallest absolute Gasteiger partial charge is 0.306 e. The molecule has 0 heterocycles. The molecule has 0 bridgehead atoms. The lowest BCUT2D eigenvalue weighted by atomic mass is 10.0. The molecule has 0 aromatic carbocycles. The van der Waals surface area contributed by atoms with E-state index in [1.54, 1.807) is 0 Å². The van der Waals surface area contributed by atoms with Crippen molar-refractivity contribution in [2.75, 3.05) is 47.5 Å². The number of quaternary nitrogens is 1. The number of allylic oxidation sites excluding steroid dienone is 6. The third-order valence-corrected chi connectivity index (χ3v) is 12.1. The van der Waals surface area contributed by atoms with E-state index in [4.69, 9.17) is 18.5 Å². The Labute approximate surface area is 382 Å². The fourth-order valence-corrected chi connectivity index (χ4v) is 7.83. The van der Waals surface area contributed by atoms with E-state index < -0.39 is 32.5 Å². The van der Waals surface area contributed by atoms with Crippen molar-refractivity contribution in [2.24, 2.45) is 0 Å². The second kappa shape index (κ2) is 44.4. The SMILES string of the molecule is CCCCCCCC/C=C/C/C=C/CCCCC(=O)O[C@@H](COC(=O)CCC/C=C/CCCCCCCCCCCCCCCCCCCC)COP(=O)([O-])OCC[N+](C)(C)C. The Balaban J connectivity index is 4.26. The summed E-state index contributed by atoms with van der Waals surface area (Å²) in [5, 5.41) is 0. The fourth-order valence-electron chi connectivity index (χ4n) is 7.10. The molecule has 0 aliphatic rings. The second-order valence-corrected chi connectivity index (χ2v) is 19.9. The Morgan fingerprint density at radius 1 is 0.500 bits per heavy atom. The van der Waals surface area contributed by atoms with Gasteiger partial charge in [0.25, 0.3) is 7.82 Å². The van der Waals surface area contributed by atoms with Crippen molar-refractivity contribution in [3.8, 4) is 0 Å². The number of esters is 2. The van der Waals surface area contributed by atoms with E-state index in [1.165, 1.54) is 154 Å². The number of likely N-dealkylation sites (N-methyl/N-ethyl adjacent to an activating group) is 1. The number of carbonyl (C=O) groups excluding carboxylic acids is 2. The van der Waals surface area contributed by atoms with Crippen LogP contribution in [0.4, 0.5) is 0 Å². The van der Waals surface area contributed by atoms with E-state index in [9.17, 15) is 19.0 Å². The van der Waals surface area contributed by atoms with Gasteiger partial charge in [0.05, 0.1) is 27.7 Å². The van der Waals surface area contributed by atoms with Crippen molar-refractivity contribution < 1.29 is 42.1 Å². The first-order valence-corrected chi connectivity index (χ1v) is 27.2. The molecular formula is C52H98NO8P. The molecule has 0 rings (SSSR count). The van der Waals surface area contributed by atoms with Gasteiger partial charge in [-0.05, 0) is 64.2 Å². The van der Waals surface area contributed by atoms with Gasteiger partial charge in [0.15, 0.2) is 6.10 Å². The van der Waals surface area contributed by atoms with Gasteiger partial charge in [0.1, 0.15) is 19.8 Å². The fraction of sp³-hybridized carbons (Fsp3) is 0.846. The first-order valence-electron chi connectivity index (χ1n) is 25.7. The number of unbranched alkanes of at least 4 members (excludes halogenated alkanes) is 27. The van der Waals surface area contributed by atoms with Crippen LogP contribution in [0.5, 0.6) is 0 Å². The van der Waals surface area contributed by atoms with Crippen molar-refractivity contribution >= 4 is 19.8 Å². The van der Waals surface area contributed by atoms with E-state index in [2.05, 4.69) is 50.3 Å². The standard InChI is InChI=1S/C52H98NO8P/c1-6-8-10-12-14-16-18-20-22-23-24-25-26-27-28-29-31-32-34-36-38-40-42-44-51(54)58-48-50(49-60-62(56,57)59-47-46-53(3,4)5)61-52(55)45-43-41-39-37-35-33-30-21-19-17-15-13-11-9-7-2/h21,30,35-38,50H,6-20,22-29,31-34,39-49H2,1-5H3/b30-21+,37-35+,38-36+/t50-/m0/s1. The molecular weight excluding hydrogens is 798 g/mol. The molecule has 10 heteroatoms. The molecule has 62 heavy (non-hydrogen) atoms. The van der Waals surface area contributed by atoms with Gasteiger partial charge in [-0.2, -0.15) is 0 Å². The minimum Gasteiger partial charge on any atom is -0.756 e. The molecule has 0 amide bonds. The molecule has 0 aromatic rings. The highest BCUT2D eigenvalue weighted by molar-refractivity contribution is 7.45. The summed E-state index contributed by atoms with van der Waals surface area (Å²) in [6.45, 7) is 4.18. The Bertz CT molecular complexity index is 1150. The zero-order valence-corrected chi connectivity index (χ0v) is 42.0. The molecule has 0 saturated heterocycles. The summed E-state index contributed by atoms with van der Waals surface area (Å²) in [6, 6.07) is 0. The molecule has 0 N–H and O–H groups in total. The van der Waals surface area contributed by atoms with Crippen LogP contribution in [-0.2, 0) is 32.7 Å². The Morgan fingerprint density at radius 3 is 1.34 bits per heavy atom. The van der Waals surface area contributed by atoms with Gasteiger partial charge in [-0.25, -0.2) is 0 Å². The quantitative estimate of drug-likeness (QED) is 0.0195. The summed E-state index contributed by atoms with van der Waals surface area (Å²) in [4.78, 5) is 37.6. The summed E-state index contributed by atoms with van der Waals surface area (Å²) >= 11 is 0. The monoisotopic (exact) mass is 896 g/mol. The van der Waals surface area contributed by atoms with Crippen LogP contribution in [0.1, 0.15) is 232 Å². The van der Waals surface area contributed by atoms with Gasteiger partial charge in [0.2, 0.25) is 0 Å². The lowest BCUT2D eigenvalue weighted by Crippen LogP contribution is -2.37. The van der Waals surface area contributed by atoms with Crippen LogP contribution in [0, 0.1) is 0 Å². The van der Waals surface area contributed by atoms with Crippen molar-refractivity contribution in [3.05, 3.63) is 36.5 Å². The third-order valence-electron chi connectivity index (χ3n) is 11.1. The van der Waals surface area contributed by atoms with Gasteiger partial charge in [-0.3, -0.25) is 14.2 Å². The van der Waals surface area contributed by atoms with Crippen molar-refractivity contribution in [3.63, 3.8) is 0 Å². The minimum atomic E-state index is -4.64. The normalized spacial score (nSPS) is 13.7. The van der Waals surface area contributed by atoms with E-state index in [0.29, 0.717) is 23.9 Å². The molecule has 0 aliphatic carbocycles. The highest BCUT2D eigenvalue weighted by Crippen LogP contribution is 2.38. The molecule has 0 spiro atoms. The maximum atomic E-state index is 12.7. The summed E-state index contributed by atoms with van der Waals surface area (Å²) in [7, 11) is 1.14. The summed E-state index contributed by atoms with van der Waals surface area (Å²) in [5.41, 5.74) is 0. The van der Waals surface area contributed by atoms with Gasteiger partial charge >= 0.3 is 11.9 Å². The lowest BCUT2D eigenvalue weighted by molar-refractivity contribution is -0.870. The van der Waals surface area contributed by atoms with Crippen molar-refractivity contribution in [2.45, 2.75) is 238 Å². The van der Waals surface area contributed by atoms with E-state index in [-0.39, 0.29) is 26.1 Å². The van der Waals surface area contributed by atoms with Crippen LogP contribution in [0.2, 0.25) is 0 Å². The third kappa shape index (κ3) is 47.7. The van der Waals surface area contributed by atoms with Gasteiger partial charge < -0.3 is 27.9 Å². The molecule has 364 valence electrons. The zero-order valence-electron chi connectivity index (χ0n) is 41.1. The Kier molecular flexibility index (Phi) is 43.2. The highest BCUT2D eigenvalue weighted by atomic mass is 31.2. The molecule has 0 aromatic heterocycles. The van der Waals surface area contributed by atoms with Crippen molar-refractivity contribution in [1.29, 1.82) is 0 Å². The largest absolute Gasteiger partial charge is 0.756 e. The van der Waals surface area contributed by atoms with Gasteiger partial charge in [0, 0.05) is 12.8 Å². The van der Waals surface area contributed by atoms with Crippen LogP contribution in [-0.4, -0.2) is 70.0 Å². The number of carbonyl (C=O) groups is 2. The number of nitrogens with zero attached hydrogens (tertiary/aromatic N) is 1. The number of phosphoric acid groups is 1. The molecule has 0 aliphatic heterocycles. The molecule has 0 fully saturated rings. The molecule has 1 unspecified atom stereocenters. The number of rotatable bonds is 47. The average Bonchev–Trinajstić information content (AvgIpc) is 3.23. The second-order valence-electron chi connectivity index (χ2n) is 18.5. The predicted octanol–water partition coefficient (Wildman–Crippen LogP) is 14.6. The minimum absolute atomic E-state index is 0.0400. The summed E-state index contributed by atoms with van der Waals surface area (Å²) in [6.07, 6.45) is 52.0. The highest BCUT2D eigenvalue weighted by Gasteiger charge is 2.21. The van der Waals surface area contributed by atoms with Crippen LogP contribution in [0.3, 0.4) is 0 Å². The van der Waals surface area contributed by atoms with E-state index >= 15 is 0 Å². The van der Waals surface area contributed by atoms with E-state index in [0.717, 1.165) is 38.5 Å². The number of hydrogen-bond acceptors (Lipinski definition) is 8. The molecule has 9 nitrogen and oxygen atoms in total. The lowest BCUT2D eigenvalue weighted by Gasteiger charge is -2.28. The summed E-state index contributed by atoms with van der Waals surface area (Å²) in [5.74, 6) is -0.903. The Hall–Kier alpha value is -1.77. The maximum Gasteiger partial charge on any atom is 0.306 e. The molecule has 2 atom stereocenters. The van der Waals surface area contributed by atoms with Crippen LogP contribution in [0.25, 0.3) is 0 Å². The van der Waals surface area contributed by atoms with Crippen LogP contribution >= 0.6 is 7.82 Å². The Morgan fingerprint density at radius 2 is 0.887 bits per heavy atom. The summed E-state index contributed by atoms with van der Waals surface area (Å²) < 4.78 is 33.9. The topological polar surface area (TPSA) is 111 Å². The van der Waals surface area contributed by atoms with Crippen LogP contribution < -0.4 is 4.89 Å². The van der Waals surface area contributed by atoms with Gasteiger partial charge in [-0.15, -0.1) is 0 Å². The first kappa shape index (κ1) is 60.2. The zero-order chi connectivity index (χ0) is 45.7. The van der Waals surface area contributed by atoms with Gasteiger partial charge in [-0.1, -0.05) is 192 Å².